The first-order valence-corrected chi connectivity index (χ1v) is 11.7. The fraction of sp³-hybridized carbons (Fsp3) is 0.826. The molecule has 0 amide bonds. The van der Waals surface area contributed by atoms with E-state index < -0.39 is 60.8 Å². The number of aliphatic imine (C=N–C) groups is 1. The van der Waals surface area contributed by atoms with E-state index in [1.54, 1.807) is 13.8 Å². The Morgan fingerprint density at radius 2 is 1.53 bits per heavy atom. The summed E-state index contributed by atoms with van der Waals surface area (Å²) in [6, 6.07) is -0.244. The maximum absolute atomic E-state index is 11.9. The molecule has 0 spiro atoms. The average molecular weight is 486 g/mol. The number of esters is 3. The van der Waals surface area contributed by atoms with E-state index in [0.29, 0.717) is 12.3 Å². The number of carbonyl (C=O) groups is 3. The van der Waals surface area contributed by atoms with Crippen LogP contribution in [-0.4, -0.2) is 79.6 Å². The predicted molar refractivity (Wildman–Crippen MR) is 117 cm³/mol. The smallest absolute Gasteiger partial charge is 0.303 e. The van der Waals surface area contributed by atoms with E-state index in [4.69, 9.17) is 33.2 Å². The maximum atomic E-state index is 11.9. The summed E-state index contributed by atoms with van der Waals surface area (Å²) in [5, 5.41) is 0. The fourth-order valence-corrected chi connectivity index (χ4v) is 4.76. The van der Waals surface area contributed by atoms with Crippen molar-refractivity contribution in [2.24, 2.45) is 16.8 Å². The third kappa shape index (κ3) is 5.87. The summed E-state index contributed by atoms with van der Waals surface area (Å²) in [6.07, 6.45) is -4.10. The molecule has 3 rings (SSSR count). The van der Waals surface area contributed by atoms with Crippen molar-refractivity contribution in [1.29, 1.82) is 0 Å². The van der Waals surface area contributed by atoms with Gasteiger partial charge in [0.05, 0.1) is 12.2 Å². The van der Waals surface area contributed by atoms with Gasteiger partial charge in [0.1, 0.15) is 24.9 Å². The first kappa shape index (κ1) is 26.4. The van der Waals surface area contributed by atoms with Crippen molar-refractivity contribution >= 4 is 23.8 Å². The predicted octanol–water partition coefficient (Wildman–Crippen LogP) is 1.75. The van der Waals surface area contributed by atoms with Gasteiger partial charge in [-0.05, 0) is 6.42 Å². The van der Waals surface area contributed by atoms with E-state index in [0.717, 1.165) is 0 Å². The second-order valence-electron chi connectivity index (χ2n) is 9.02. The topological polar surface area (TPSA) is 128 Å². The Kier molecular flexibility index (Phi) is 8.53. The van der Waals surface area contributed by atoms with Crippen LogP contribution in [-0.2, 0) is 47.5 Å². The van der Waals surface area contributed by atoms with Crippen LogP contribution in [0.2, 0.25) is 0 Å². The van der Waals surface area contributed by atoms with Crippen LogP contribution in [0, 0.1) is 11.8 Å². The lowest BCUT2D eigenvalue weighted by atomic mass is 9.87. The van der Waals surface area contributed by atoms with Gasteiger partial charge in [-0.2, -0.15) is 0 Å². The van der Waals surface area contributed by atoms with E-state index in [1.165, 1.54) is 20.8 Å². The molecule has 3 aliphatic rings. The number of ether oxygens (including phenoxy) is 7. The lowest BCUT2D eigenvalue weighted by molar-refractivity contribution is -0.329. The molecule has 0 aromatic carbocycles. The number of hydrogen-bond acceptors (Lipinski definition) is 11. The Labute approximate surface area is 199 Å². The quantitative estimate of drug-likeness (QED) is 0.388. The summed E-state index contributed by atoms with van der Waals surface area (Å²) >= 11 is 0. The Morgan fingerprint density at radius 1 is 0.882 bits per heavy atom. The van der Waals surface area contributed by atoms with E-state index in [-0.39, 0.29) is 24.7 Å². The minimum atomic E-state index is -1.01. The van der Waals surface area contributed by atoms with Crippen molar-refractivity contribution in [1.82, 2.24) is 0 Å². The third-order valence-electron chi connectivity index (χ3n) is 6.36. The van der Waals surface area contributed by atoms with Crippen LogP contribution in [0.3, 0.4) is 0 Å². The normalized spacial score (nSPS) is 39.3. The van der Waals surface area contributed by atoms with Gasteiger partial charge < -0.3 is 33.2 Å². The zero-order chi connectivity index (χ0) is 25.2. The van der Waals surface area contributed by atoms with Crippen LogP contribution in [0.1, 0.15) is 54.9 Å². The largest absolute Gasteiger partial charge is 0.463 e. The number of carbonyl (C=O) groups excluding carboxylic acids is 3. The number of nitrogens with zero attached hydrogens (tertiary/aromatic N) is 1. The molecule has 2 fully saturated rings. The molecule has 0 saturated carbocycles. The SMILES string of the molecule is CCC1O[C@H]2OC(C)=NC2[C@@H](C)[C@@H]1O[C@@H]1OC(COC(C)=O)[C@H](OC(C)=O)[C@H](C)C1OC(C)=O. The van der Waals surface area contributed by atoms with Crippen molar-refractivity contribution in [2.45, 2.75) is 104 Å². The van der Waals surface area contributed by atoms with Crippen LogP contribution >= 0.6 is 0 Å². The molecule has 3 aliphatic heterocycles. The van der Waals surface area contributed by atoms with Gasteiger partial charge in [0.2, 0.25) is 6.29 Å². The average Bonchev–Trinajstić information content (AvgIpc) is 3.13. The Morgan fingerprint density at radius 3 is 2.12 bits per heavy atom. The van der Waals surface area contributed by atoms with Crippen molar-refractivity contribution in [2.75, 3.05) is 6.61 Å². The van der Waals surface area contributed by atoms with Gasteiger partial charge in [0, 0.05) is 39.5 Å². The summed E-state index contributed by atoms with van der Waals surface area (Å²) in [4.78, 5) is 39.7. The Hall–Kier alpha value is -2.24. The molecular weight excluding hydrogens is 450 g/mol. The number of rotatable bonds is 7. The summed E-state index contributed by atoms with van der Waals surface area (Å²) in [5.41, 5.74) is 0. The highest BCUT2D eigenvalue weighted by Gasteiger charge is 2.53. The monoisotopic (exact) mass is 485 g/mol. The highest BCUT2D eigenvalue weighted by molar-refractivity contribution is 5.75. The molecule has 0 aromatic rings. The summed E-state index contributed by atoms with van der Waals surface area (Å²) < 4.78 is 40.6. The van der Waals surface area contributed by atoms with E-state index in [2.05, 4.69) is 4.99 Å². The van der Waals surface area contributed by atoms with Gasteiger partial charge in [0.25, 0.3) is 0 Å². The van der Waals surface area contributed by atoms with Crippen LogP contribution in [0.15, 0.2) is 4.99 Å². The minimum Gasteiger partial charge on any atom is -0.463 e. The molecule has 3 heterocycles. The summed E-state index contributed by atoms with van der Waals surface area (Å²) in [5.74, 6) is -1.60. The second kappa shape index (κ2) is 11.0. The third-order valence-corrected chi connectivity index (χ3v) is 6.36. The summed E-state index contributed by atoms with van der Waals surface area (Å²) in [7, 11) is 0. The molecule has 4 unspecified atom stereocenters. The highest BCUT2D eigenvalue weighted by Crippen LogP contribution is 2.39. The van der Waals surface area contributed by atoms with Gasteiger partial charge in [-0.15, -0.1) is 0 Å². The molecule has 11 nitrogen and oxygen atoms in total. The standard InChI is InChI=1S/C23H35NO10/c1-8-16-19(10(2)18-22(32-16)29-12(4)24-18)34-23-21(31-15(7)27)11(3)20(30-14(6)26)17(33-23)9-28-13(5)25/h10-11,16-23H,8-9H2,1-7H3/t10-,11+,16?,17?,18?,19+,20-,21?,22-,23+/m1/s1. The van der Waals surface area contributed by atoms with E-state index in [1.807, 2.05) is 13.8 Å². The van der Waals surface area contributed by atoms with Crippen LogP contribution < -0.4 is 0 Å². The van der Waals surface area contributed by atoms with Crippen molar-refractivity contribution < 1.29 is 47.5 Å². The maximum Gasteiger partial charge on any atom is 0.303 e. The minimum absolute atomic E-state index is 0.0869. The lowest BCUT2D eigenvalue weighted by Crippen LogP contribution is -2.61. The lowest BCUT2D eigenvalue weighted by Gasteiger charge is -2.47. The molecular formula is C23H35NO10. The molecule has 0 radical (unpaired) electrons. The van der Waals surface area contributed by atoms with Crippen LogP contribution in [0.4, 0.5) is 0 Å². The zero-order valence-corrected chi connectivity index (χ0v) is 20.7. The van der Waals surface area contributed by atoms with Crippen molar-refractivity contribution in [3.63, 3.8) is 0 Å². The molecule has 0 bridgehead atoms. The number of hydrogen-bond donors (Lipinski definition) is 0. The van der Waals surface area contributed by atoms with Gasteiger partial charge in [-0.3, -0.25) is 14.4 Å². The Balaban J connectivity index is 1.87. The molecule has 0 aliphatic carbocycles. The first-order chi connectivity index (χ1) is 16.0. The van der Waals surface area contributed by atoms with Crippen LogP contribution in [0.25, 0.3) is 0 Å². The molecule has 10 atom stereocenters. The second-order valence-corrected chi connectivity index (χ2v) is 9.02. The number of fused-ring (bicyclic) bond motifs is 1. The van der Waals surface area contributed by atoms with Gasteiger partial charge in [-0.1, -0.05) is 20.8 Å². The molecule has 11 heteroatoms. The molecule has 0 N–H and O–H groups in total. The molecule has 2 saturated heterocycles. The fourth-order valence-electron chi connectivity index (χ4n) is 4.76. The Bertz CT molecular complexity index is 799. The van der Waals surface area contributed by atoms with Gasteiger partial charge in [0.15, 0.2) is 18.3 Å². The van der Waals surface area contributed by atoms with E-state index >= 15 is 0 Å². The molecule has 192 valence electrons. The zero-order valence-electron chi connectivity index (χ0n) is 20.7. The van der Waals surface area contributed by atoms with Crippen molar-refractivity contribution in [3.05, 3.63) is 0 Å². The highest BCUT2D eigenvalue weighted by atomic mass is 16.7. The van der Waals surface area contributed by atoms with Gasteiger partial charge >= 0.3 is 17.9 Å². The first-order valence-electron chi connectivity index (χ1n) is 11.7. The van der Waals surface area contributed by atoms with Crippen LogP contribution in [0.5, 0.6) is 0 Å². The molecule has 34 heavy (non-hydrogen) atoms. The van der Waals surface area contributed by atoms with E-state index in [9.17, 15) is 14.4 Å². The van der Waals surface area contributed by atoms with Gasteiger partial charge in [-0.25, -0.2) is 4.99 Å². The molecule has 0 aromatic heterocycles. The van der Waals surface area contributed by atoms with Crippen molar-refractivity contribution in [3.8, 4) is 0 Å². The summed E-state index contributed by atoms with van der Waals surface area (Å²) in [6.45, 7) is 11.2.